The van der Waals surface area contributed by atoms with E-state index in [1.54, 1.807) is 23.9 Å². The highest BCUT2D eigenvalue weighted by Crippen LogP contribution is 2.27. The third kappa shape index (κ3) is 8.57. The predicted molar refractivity (Wildman–Crippen MR) is 138 cm³/mol. The number of piperazine rings is 1. The molecule has 6 nitrogen and oxygen atoms in total. The lowest BCUT2D eigenvalue weighted by atomic mass is 10.1. The zero-order chi connectivity index (χ0) is 23.6. The van der Waals surface area contributed by atoms with E-state index >= 15 is 0 Å². The molecular formula is C26H38N4O2S. The lowest BCUT2D eigenvalue weighted by molar-refractivity contribution is -0.121. The molecule has 1 atom stereocenters. The number of anilines is 1. The van der Waals surface area contributed by atoms with Gasteiger partial charge >= 0.3 is 0 Å². The van der Waals surface area contributed by atoms with Gasteiger partial charge in [0.25, 0.3) is 0 Å². The van der Waals surface area contributed by atoms with E-state index in [4.69, 9.17) is 0 Å². The van der Waals surface area contributed by atoms with Crippen LogP contribution in [0.1, 0.15) is 25.3 Å². The molecule has 2 N–H and O–H groups in total. The maximum absolute atomic E-state index is 12.5. The third-order valence-electron chi connectivity index (χ3n) is 6.00. The van der Waals surface area contributed by atoms with Gasteiger partial charge in [-0.05, 0) is 56.4 Å². The van der Waals surface area contributed by atoms with Gasteiger partial charge in [0, 0.05) is 68.1 Å². The molecule has 1 unspecified atom stereocenters. The summed E-state index contributed by atoms with van der Waals surface area (Å²) in [6.45, 7) is 9.09. The number of hydrogen-bond donors (Lipinski definition) is 2. The molecule has 1 amide bonds. The van der Waals surface area contributed by atoms with Crippen molar-refractivity contribution in [1.29, 1.82) is 0 Å². The van der Waals surface area contributed by atoms with Crippen LogP contribution in [0.4, 0.5) is 5.69 Å². The molecule has 1 aliphatic heterocycles. The Balaban J connectivity index is 1.43. The smallest absolute Gasteiger partial charge is 0.220 e. The predicted octanol–water partition coefficient (Wildman–Crippen LogP) is 3.65. The minimum absolute atomic E-state index is 0.0939. The fraction of sp³-hybridized carbons (Fsp3) is 0.500. The maximum Gasteiger partial charge on any atom is 0.220 e. The van der Waals surface area contributed by atoms with Gasteiger partial charge in [0.05, 0.1) is 0 Å². The Morgan fingerprint density at radius 2 is 1.79 bits per heavy atom. The lowest BCUT2D eigenvalue weighted by Gasteiger charge is -2.37. The van der Waals surface area contributed by atoms with Gasteiger partial charge in [0.2, 0.25) is 5.91 Å². The number of benzene rings is 2. The number of carbonyl (C=O) groups is 1. The summed E-state index contributed by atoms with van der Waals surface area (Å²) >= 11 is 1.73. The second-order valence-electron chi connectivity index (χ2n) is 9.00. The average molecular weight is 471 g/mol. The second-order valence-corrected chi connectivity index (χ2v) is 10.5. The van der Waals surface area contributed by atoms with E-state index < -0.39 is 0 Å². The molecule has 0 bridgehead atoms. The van der Waals surface area contributed by atoms with E-state index in [1.807, 2.05) is 12.1 Å². The highest BCUT2D eigenvalue weighted by Gasteiger charge is 2.19. The van der Waals surface area contributed by atoms with Crippen LogP contribution < -0.4 is 10.2 Å². The van der Waals surface area contributed by atoms with Crippen LogP contribution in [-0.2, 0) is 11.3 Å². The Bertz CT molecular complexity index is 867. The van der Waals surface area contributed by atoms with Crippen LogP contribution in [0.25, 0.3) is 0 Å². The topological polar surface area (TPSA) is 59.1 Å². The van der Waals surface area contributed by atoms with Crippen molar-refractivity contribution in [2.75, 3.05) is 58.3 Å². The molecule has 0 aliphatic carbocycles. The van der Waals surface area contributed by atoms with E-state index in [-0.39, 0.29) is 11.7 Å². The van der Waals surface area contributed by atoms with Crippen molar-refractivity contribution in [3.63, 3.8) is 0 Å². The quantitative estimate of drug-likeness (QED) is 0.489. The molecular weight excluding hydrogens is 432 g/mol. The standard InChI is InChI=1S/C26H38N4O2S/c1-21(33-24-11-9-23(31)10-12-24)8-13-26(32)27-20-22-6-4-5-7-25(22)30-18-16-29(17-19-30)15-14-28(2)3/h4-7,9-12,21,31H,8,13-20H2,1-3H3,(H,27,32). The fourth-order valence-corrected chi connectivity index (χ4v) is 4.95. The molecule has 3 rings (SSSR count). The summed E-state index contributed by atoms with van der Waals surface area (Å²) < 4.78 is 0. The Morgan fingerprint density at radius 1 is 1.09 bits per heavy atom. The Morgan fingerprint density at radius 3 is 2.48 bits per heavy atom. The van der Waals surface area contributed by atoms with Crippen molar-refractivity contribution in [2.24, 2.45) is 0 Å². The van der Waals surface area contributed by atoms with Crippen LogP contribution >= 0.6 is 11.8 Å². The monoisotopic (exact) mass is 470 g/mol. The summed E-state index contributed by atoms with van der Waals surface area (Å²) in [5.41, 5.74) is 2.42. The molecule has 1 saturated heterocycles. The normalized spacial score (nSPS) is 15.6. The summed E-state index contributed by atoms with van der Waals surface area (Å²) in [7, 11) is 4.24. The Kier molecular flexibility index (Phi) is 9.91. The van der Waals surface area contributed by atoms with Crippen LogP contribution in [0.5, 0.6) is 5.75 Å². The summed E-state index contributed by atoms with van der Waals surface area (Å²) in [4.78, 5) is 20.8. The molecule has 2 aromatic rings. The van der Waals surface area contributed by atoms with Crippen LogP contribution in [0.2, 0.25) is 0 Å². The first-order valence-corrected chi connectivity index (χ1v) is 12.7. The summed E-state index contributed by atoms with van der Waals surface area (Å²) in [5.74, 6) is 0.370. The number of nitrogens with one attached hydrogen (secondary N) is 1. The molecule has 2 aromatic carbocycles. The number of para-hydroxylation sites is 1. The molecule has 0 saturated carbocycles. The molecule has 0 radical (unpaired) electrons. The minimum Gasteiger partial charge on any atom is -0.508 e. The minimum atomic E-state index is 0.0939. The summed E-state index contributed by atoms with van der Waals surface area (Å²) in [6, 6.07) is 15.7. The number of rotatable bonds is 11. The molecule has 0 spiro atoms. The largest absolute Gasteiger partial charge is 0.508 e. The molecule has 1 heterocycles. The number of carbonyl (C=O) groups excluding carboxylic acids is 1. The summed E-state index contributed by atoms with van der Waals surface area (Å²) in [5, 5.41) is 12.9. The number of phenols is 1. The molecule has 33 heavy (non-hydrogen) atoms. The van der Waals surface area contributed by atoms with Crippen molar-refractivity contribution in [3.05, 3.63) is 54.1 Å². The summed E-state index contributed by atoms with van der Waals surface area (Å²) in [6.07, 6.45) is 1.33. The van der Waals surface area contributed by atoms with Crippen molar-refractivity contribution >= 4 is 23.4 Å². The number of nitrogens with zero attached hydrogens (tertiary/aromatic N) is 3. The van der Waals surface area contributed by atoms with E-state index in [0.29, 0.717) is 18.2 Å². The average Bonchev–Trinajstić information content (AvgIpc) is 2.82. The van der Waals surface area contributed by atoms with Gasteiger partial charge in [-0.2, -0.15) is 0 Å². The first kappa shape index (κ1) is 25.4. The van der Waals surface area contributed by atoms with Gasteiger partial charge in [-0.3, -0.25) is 9.69 Å². The number of aromatic hydroxyl groups is 1. The molecule has 0 aromatic heterocycles. The lowest BCUT2D eigenvalue weighted by Crippen LogP contribution is -2.48. The van der Waals surface area contributed by atoms with Gasteiger partial charge in [0.1, 0.15) is 5.75 Å². The number of thioether (sulfide) groups is 1. The maximum atomic E-state index is 12.5. The van der Waals surface area contributed by atoms with Crippen molar-refractivity contribution < 1.29 is 9.90 Å². The molecule has 7 heteroatoms. The third-order valence-corrected chi connectivity index (χ3v) is 7.18. The Hall–Kier alpha value is -2.22. The van der Waals surface area contributed by atoms with E-state index in [9.17, 15) is 9.90 Å². The number of likely N-dealkylation sites (N-methyl/N-ethyl adjacent to an activating group) is 1. The first-order valence-electron chi connectivity index (χ1n) is 11.8. The molecule has 1 aliphatic rings. The van der Waals surface area contributed by atoms with Crippen LogP contribution in [0.15, 0.2) is 53.4 Å². The van der Waals surface area contributed by atoms with Crippen molar-refractivity contribution in [2.45, 2.75) is 36.5 Å². The van der Waals surface area contributed by atoms with Crippen LogP contribution in [-0.4, -0.2) is 79.4 Å². The number of phenolic OH excluding ortho intramolecular Hbond substituents is 1. The van der Waals surface area contributed by atoms with Gasteiger partial charge in [0.15, 0.2) is 0 Å². The molecule has 1 fully saturated rings. The van der Waals surface area contributed by atoms with Crippen molar-refractivity contribution in [3.8, 4) is 5.75 Å². The van der Waals surface area contributed by atoms with Gasteiger partial charge in [-0.25, -0.2) is 0 Å². The van der Waals surface area contributed by atoms with Gasteiger partial charge in [-0.15, -0.1) is 11.8 Å². The van der Waals surface area contributed by atoms with Gasteiger partial charge in [-0.1, -0.05) is 25.1 Å². The van der Waals surface area contributed by atoms with E-state index in [0.717, 1.165) is 50.6 Å². The van der Waals surface area contributed by atoms with Crippen LogP contribution in [0, 0.1) is 0 Å². The van der Waals surface area contributed by atoms with E-state index in [2.05, 4.69) is 65.3 Å². The zero-order valence-electron chi connectivity index (χ0n) is 20.2. The highest BCUT2D eigenvalue weighted by molar-refractivity contribution is 7.99. The first-order chi connectivity index (χ1) is 15.9. The van der Waals surface area contributed by atoms with E-state index in [1.165, 1.54) is 11.3 Å². The zero-order valence-corrected chi connectivity index (χ0v) is 21.0. The second kappa shape index (κ2) is 12.9. The van der Waals surface area contributed by atoms with Crippen molar-refractivity contribution in [1.82, 2.24) is 15.1 Å². The molecule has 180 valence electrons. The number of hydrogen-bond acceptors (Lipinski definition) is 6. The SMILES string of the molecule is CC(CCC(=O)NCc1ccccc1N1CCN(CCN(C)C)CC1)Sc1ccc(O)cc1. The highest BCUT2D eigenvalue weighted by atomic mass is 32.2. The Labute approximate surface area is 203 Å². The van der Waals surface area contributed by atoms with Gasteiger partial charge < -0.3 is 20.2 Å². The number of amides is 1. The fourth-order valence-electron chi connectivity index (χ4n) is 3.96. The van der Waals surface area contributed by atoms with Crippen LogP contribution in [0.3, 0.4) is 0 Å².